The number of amides is 1. The fourth-order valence-electron chi connectivity index (χ4n) is 2.49. The number of aryl methyl sites for hydroxylation is 1. The van der Waals surface area contributed by atoms with Gasteiger partial charge in [-0.2, -0.15) is 0 Å². The first-order valence-corrected chi connectivity index (χ1v) is 7.50. The molecule has 0 saturated carbocycles. The van der Waals surface area contributed by atoms with Gasteiger partial charge in [0, 0.05) is 20.0 Å². The van der Waals surface area contributed by atoms with E-state index in [0.29, 0.717) is 17.6 Å². The van der Waals surface area contributed by atoms with Crippen LogP contribution in [0.25, 0.3) is 11.1 Å². The minimum atomic E-state index is -0.511. The van der Waals surface area contributed by atoms with Crippen LogP contribution in [0.3, 0.4) is 0 Å². The lowest BCUT2D eigenvalue weighted by molar-refractivity contribution is -0.130. The molecule has 1 aromatic carbocycles. The van der Waals surface area contributed by atoms with Gasteiger partial charge in [-0.25, -0.2) is 4.79 Å². The van der Waals surface area contributed by atoms with Gasteiger partial charge >= 0.3 is 5.76 Å². The molecule has 3 aromatic rings. The molecule has 0 aliphatic carbocycles. The Balaban J connectivity index is 1.61. The molecule has 120 valence electrons. The summed E-state index contributed by atoms with van der Waals surface area (Å²) in [5.41, 5.74) is 1.13. The van der Waals surface area contributed by atoms with E-state index < -0.39 is 5.76 Å². The lowest BCUT2D eigenvalue weighted by Crippen LogP contribution is -2.33. The molecule has 2 aromatic heterocycles. The highest BCUT2D eigenvalue weighted by molar-refractivity contribution is 5.79. The number of fused-ring (bicyclic) bond motifs is 1. The Morgan fingerprint density at radius 2 is 2.04 bits per heavy atom. The number of rotatable bonds is 6. The van der Waals surface area contributed by atoms with Gasteiger partial charge < -0.3 is 13.7 Å². The second kappa shape index (κ2) is 6.56. The van der Waals surface area contributed by atoms with Crippen molar-refractivity contribution < 1.29 is 13.6 Å². The Labute approximate surface area is 132 Å². The summed E-state index contributed by atoms with van der Waals surface area (Å²) >= 11 is 0. The zero-order valence-electron chi connectivity index (χ0n) is 12.9. The molecule has 3 rings (SSSR count). The fourth-order valence-corrected chi connectivity index (χ4v) is 2.49. The van der Waals surface area contributed by atoms with Crippen molar-refractivity contribution in [3.63, 3.8) is 0 Å². The fraction of sp³-hybridized carbons (Fsp3) is 0.294. The number of likely N-dealkylation sites (N-methyl/N-ethyl adjacent to an activating group) is 1. The Hall–Kier alpha value is -2.76. The van der Waals surface area contributed by atoms with Gasteiger partial charge in [-0.15, -0.1) is 0 Å². The van der Waals surface area contributed by atoms with E-state index in [9.17, 15) is 9.59 Å². The normalized spacial score (nSPS) is 11.0. The zero-order chi connectivity index (χ0) is 16.2. The van der Waals surface area contributed by atoms with Crippen LogP contribution in [0.15, 0.2) is 56.3 Å². The first kappa shape index (κ1) is 15.1. The van der Waals surface area contributed by atoms with Gasteiger partial charge in [-0.1, -0.05) is 12.1 Å². The van der Waals surface area contributed by atoms with E-state index in [2.05, 4.69) is 0 Å². The van der Waals surface area contributed by atoms with E-state index in [1.165, 1.54) is 4.57 Å². The number of aromatic nitrogens is 1. The summed E-state index contributed by atoms with van der Waals surface area (Å²) in [7, 11) is 1.73. The van der Waals surface area contributed by atoms with Crippen molar-refractivity contribution in [2.45, 2.75) is 19.4 Å². The Morgan fingerprint density at radius 1 is 1.22 bits per heavy atom. The van der Waals surface area contributed by atoms with E-state index in [0.717, 1.165) is 18.6 Å². The molecule has 6 nitrogen and oxygen atoms in total. The highest BCUT2D eigenvalue weighted by Crippen LogP contribution is 2.12. The van der Waals surface area contributed by atoms with Gasteiger partial charge in [0.15, 0.2) is 5.58 Å². The van der Waals surface area contributed by atoms with Crippen LogP contribution in [0.5, 0.6) is 0 Å². The molecular formula is C17H18N2O4. The van der Waals surface area contributed by atoms with Gasteiger partial charge in [0.1, 0.15) is 12.3 Å². The number of nitrogens with zero attached hydrogens (tertiary/aromatic N) is 2. The van der Waals surface area contributed by atoms with Gasteiger partial charge in [-0.3, -0.25) is 9.36 Å². The second-order valence-electron chi connectivity index (χ2n) is 5.42. The molecule has 23 heavy (non-hydrogen) atoms. The molecule has 6 heteroatoms. The van der Waals surface area contributed by atoms with E-state index in [4.69, 9.17) is 8.83 Å². The molecule has 1 amide bonds. The van der Waals surface area contributed by atoms with Crippen molar-refractivity contribution in [3.05, 3.63) is 59.0 Å². The number of oxazole rings is 1. The van der Waals surface area contributed by atoms with Crippen LogP contribution in [-0.4, -0.2) is 29.0 Å². The number of carbonyl (C=O) groups excluding carboxylic acids is 1. The van der Waals surface area contributed by atoms with Crippen molar-refractivity contribution >= 4 is 17.0 Å². The Bertz CT molecular complexity index is 845. The molecule has 0 unspecified atom stereocenters. The SMILES string of the molecule is CN(CCCc1ccco1)C(=O)Cn1c(=O)oc2ccccc21. The lowest BCUT2D eigenvalue weighted by atomic mass is 10.2. The minimum absolute atomic E-state index is 0.0207. The van der Waals surface area contributed by atoms with Crippen molar-refractivity contribution in [2.24, 2.45) is 0 Å². The van der Waals surface area contributed by atoms with Crippen LogP contribution in [0.2, 0.25) is 0 Å². The summed E-state index contributed by atoms with van der Waals surface area (Å²) in [6.45, 7) is 0.581. The average molecular weight is 314 g/mol. The van der Waals surface area contributed by atoms with E-state index >= 15 is 0 Å². The second-order valence-corrected chi connectivity index (χ2v) is 5.42. The van der Waals surface area contributed by atoms with Crippen LogP contribution in [0.1, 0.15) is 12.2 Å². The maximum Gasteiger partial charge on any atom is 0.420 e. The number of benzene rings is 1. The molecule has 0 fully saturated rings. The summed E-state index contributed by atoms with van der Waals surface area (Å²) in [6.07, 6.45) is 3.22. The summed E-state index contributed by atoms with van der Waals surface area (Å²) in [6, 6.07) is 10.8. The highest BCUT2D eigenvalue weighted by Gasteiger charge is 2.15. The maximum absolute atomic E-state index is 12.3. The molecule has 0 saturated heterocycles. The predicted octanol–water partition coefficient (Wildman–Crippen LogP) is 2.28. The monoisotopic (exact) mass is 314 g/mol. The quantitative estimate of drug-likeness (QED) is 0.700. The Kier molecular flexibility index (Phi) is 4.32. The molecule has 0 aliphatic heterocycles. The summed E-state index contributed by atoms with van der Waals surface area (Å²) in [5.74, 6) is 0.268. The van der Waals surface area contributed by atoms with Gasteiger partial charge in [-0.05, 0) is 30.7 Å². The number of hydrogen-bond acceptors (Lipinski definition) is 4. The zero-order valence-corrected chi connectivity index (χ0v) is 12.9. The highest BCUT2D eigenvalue weighted by atomic mass is 16.4. The first-order valence-electron chi connectivity index (χ1n) is 7.50. The van der Waals surface area contributed by atoms with E-state index in [1.54, 1.807) is 36.4 Å². The standard InChI is InChI=1S/C17H18N2O4/c1-18(10-4-6-13-7-5-11-22-13)16(20)12-19-14-8-2-3-9-15(14)23-17(19)21/h2-3,5,7-9,11H,4,6,10,12H2,1H3. The van der Waals surface area contributed by atoms with E-state index in [1.807, 2.05) is 18.2 Å². The number of para-hydroxylation sites is 2. The summed E-state index contributed by atoms with van der Waals surface area (Å²) < 4.78 is 11.8. The average Bonchev–Trinajstić information content (AvgIpc) is 3.16. The van der Waals surface area contributed by atoms with Crippen LogP contribution < -0.4 is 5.76 Å². The van der Waals surface area contributed by atoms with Crippen molar-refractivity contribution in [1.82, 2.24) is 9.47 Å². The third kappa shape index (κ3) is 3.36. The molecule has 0 atom stereocenters. The number of carbonyl (C=O) groups is 1. The largest absolute Gasteiger partial charge is 0.469 e. The van der Waals surface area contributed by atoms with Gasteiger partial charge in [0.2, 0.25) is 5.91 Å². The number of hydrogen-bond donors (Lipinski definition) is 0. The molecular weight excluding hydrogens is 296 g/mol. The van der Waals surface area contributed by atoms with Gasteiger partial charge in [0.25, 0.3) is 0 Å². The van der Waals surface area contributed by atoms with Crippen molar-refractivity contribution in [1.29, 1.82) is 0 Å². The molecule has 0 spiro atoms. The molecule has 0 radical (unpaired) electrons. The molecule has 0 aliphatic rings. The molecule has 0 bridgehead atoms. The van der Waals surface area contributed by atoms with Crippen LogP contribution in [-0.2, 0) is 17.8 Å². The molecule has 0 N–H and O–H groups in total. The third-order valence-electron chi connectivity index (χ3n) is 3.79. The predicted molar refractivity (Wildman–Crippen MR) is 85.1 cm³/mol. The van der Waals surface area contributed by atoms with E-state index in [-0.39, 0.29) is 12.5 Å². The third-order valence-corrected chi connectivity index (χ3v) is 3.79. The smallest absolute Gasteiger partial charge is 0.420 e. The first-order chi connectivity index (χ1) is 11.1. The lowest BCUT2D eigenvalue weighted by Gasteiger charge is -2.16. The molecule has 2 heterocycles. The topological polar surface area (TPSA) is 68.6 Å². The van der Waals surface area contributed by atoms with Crippen LogP contribution >= 0.6 is 0 Å². The maximum atomic E-state index is 12.3. The summed E-state index contributed by atoms with van der Waals surface area (Å²) in [5, 5.41) is 0. The number of furan rings is 1. The van der Waals surface area contributed by atoms with Crippen molar-refractivity contribution in [2.75, 3.05) is 13.6 Å². The summed E-state index contributed by atoms with van der Waals surface area (Å²) in [4.78, 5) is 25.8. The van der Waals surface area contributed by atoms with Crippen molar-refractivity contribution in [3.8, 4) is 0 Å². The minimum Gasteiger partial charge on any atom is -0.469 e. The Morgan fingerprint density at radius 3 is 2.83 bits per heavy atom. The van der Waals surface area contributed by atoms with Crippen LogP contribution in [0.4, 0.5) is 0 Å². The van der Waals surface area contributed by atoms with Gasteiger partial charge in [0.05, 0.1) is 11.8 Å². The van der Waals surface area contributed by atoms with Crippen LogP contribution in [0, 0.1) is 0 Å².